The lowest BCUT2D eigenvalue weighted by molar-refractivity contribution is 0.637. The van der Waals surface area contributed by atoms with Gasteiger partial charge in [-0.3, -0.25) is 4.57 Å². The summed E-state index contributed by atoms with van der Waals surface area (Å²) in [6, 6.07) is 2.72. The van der Waals surface area contributed by atoms with Crippen LogP contribution in [0.3, 0.4) is 0 Å². The highest BCUT2D eigenvalue weighted by Gasteiger charge is 2.07. The lowest BCUT2D eigenvalue weighted by Gasteiger charge is -1.99. The maximum atomic E-state index is 13.0. The molecule has 0 saturated carbocycles. The van der Waals surface area contributed by atoms with Gasteiger partial charge in [0.25, 0.3) is 0 Å². The summed E-state index contributed by atoms with van der Waals surface area (Å²) >= 11 is 0. The van der Waals surface area contributed by atoms with Gasteiger partial charge >= 0.3 is 5.69 Å². The Morgan fingerprint density at radius 2 is 2.23 bits per heavy atom. The van der Waals surface area contributed by atoms with Crippen LogP contribution in [-0.4, -0.2) is 17.4 Å². The van der Waals surface area contributed by atoms with Crippen LogP contribution in [0.1, 0.15) is 0 Å². The molecule has 64 valence electrons. The van der Waals surface area contributed by atoms with Crippen molar-refractivity contribution in [3.63, 3.8) is 0 Å². The number of aromatic nitrogens is 2. The molecule has 5 heteroatoms. The van der Waals surface area contributed by atoms with Gasteiger partial charge in [0.2, 0.25) is 0 Å². The molecule has 0 fully saturated rings. The van der Waals surface area contributed by atoms with E-state index >= 15 is 0 Å². The normalized spacial score (nSPS) is 10.9. The topological polar surface area (TPSA) is 37.8 Å². The Labute approximate surface area is 74.6 Å². The zero-order valence-corrected chi connectivity index (χ0v) is 6.97. The Bertz CT molecular complexity index is 529. The third kappa shape index (κ3) is 0.999. The quantitative estimate of drug-likeness (QED) is 0.554. The third-order valence-electron chi connectivity index (χ3n) is 2.05. The van der Waals surface area contributed by atoms with Crippen molar-refractivity contribution in [3.05, 3.63) is 28.4 Å². The van der Waals surface area contributed by atoms with E-state index in [1.165, 1.54) is 23.7 Å². The largest absolute Gasteiger partial charge is 0.326 e. The maximum absolute atomic E-state index is 13.0. The van der Waals surface area contributed by atoms with E-state index in [4.69, 9.17) is 7.85 Å². The average Bonchev–Trinajstić information content (AvgIpc) is 2.37. The predicted molar refractivity (Wildman–Crippen MR) is 48.9 cm³/mol. The molecule has 3 nitrogen and oxygen atoms in total. The second kappa shape index (κ2) is 2.48. The zero-order valence-electron chi connectivity index (χ0n) is 6.97. The van der Waals surface area contributed by atoms with E-state index < -0.39 is 5.82 Å². The van der Waals surface area contributed by atoms with Gasteiger partial charge in [0, 0.05) is 7.05 Å². The van der Waals surface area contributed by atoms with Crippen molar-refractivity contribution in [2.75, 3.05) is 0 Å². The van der Waals surface area contributed by atoms with Crippen LogP contribution in [0.25, 0.3) is 11.0 Å². The predicted octanol–water partition coefficient (Wildman–Crippen LogP) is -0.201. The third-order valence-corrected chi connectivity index (χ3v) is 2.05. The van der Waals surface area contributed by atoms with Crippen LogP contribution in [0.15, 0.2) is 16.9 Å². The molecule has 2 rings (SSSR count). The number of hydrogen-bond acceptors (Lipinski definition) is 1. The number of nitrogens with zero attached hydrogens (tertiary/aromatic N) is 1. The first-order valence-corrected chi connectivity index (χ1v) is 3.74. The molecular weight excluding hydrogens is 170 g/mol. The highest BCUT2D eigenvalue weighted by atomic mass is 19.1. The SMILES string of the molecule is [B]c1c(F)ccc2[nH]c(=O)n(C)c12. The van der Waals surface area contributed by atoms with Crippen LogP contribution in [-0.2, 0) is 7.05 Å². The molecule has 0 spiro atoms. The summed E-state index contributed by atoms with van der Waals surface area (Å²) in [4.78, 5) is 13.7. The molecule has 0 atom stereocenters. The summed E-state index contributed by atoms with van der Waals surface area (Å²) in [7, 11) is 7.02. The van der Waals surface area contributed by atoms with Crippen LogP contribution in [0.2, 0.25) is 0 Å². The van der Waals surface area contributed by atoms with E-state index in [1.807, 2.05) is 0 Å². The molecule has 13 heavy (non-hydrogen) atoms. The molecule has 1 aromatic heterocycles. The van der Waals surface area contributed by atoms with Gasteiger partial charge in [-0.2, -0.15) is 0 Å². The molecule has 2 radical (unpaired) electrons. The van der Waals surface area contributed by atoms with Crippen molar-refractivity contribution in [1.82, 2.24) is 9.55 Å². The van der Waals surface area contributed by atoms with E-state index in [0.29, 0.717) is 11.0 Å². The highest BCUT2D eigenvalue weighted by Crippen LogP contribution is 2.07. The first-order chi connectivity index (χ1) is 6.11. The number of imidazole rings is 1. The molecule has 0 bridgehead atoms. The molecule has 2 aromatic rings. The van der Waals surface area contributed by atoms with E-state index in [9.17, 15) is 9.18 Å². The minimum absolute atomic E-state index is 0.00153. The smallest absolute Gasteiger partial charge is 0.306 e. The van der Waals surface area contributed by atoms with Gasteiger partial charge in [0.05, 0.1) is 11.0 Å². The Hall–Kier alpha value is -1.52. The van der Waals surface area contributed by atoms with E-state index in [-0.39, 0.29) is 11.2 Å². The summed E-state index contributed by atoms with van der Waals surface area (Å²) < 4.78 is 14.3. The minimum Gasteiger partial charge on any atom is -0.306 e. The van der Waals surface area contributed by atoms with Gasteiger partial charge in [0.15, 0.2) is 0 Å². The summed E-state index contributed by atoms with van der Waals surface area (Å²) in [6.07, 6.45) is 0. The molecule has 0 saturated heterocycles. The lowest BCUT2D eigenvalue weighted by Crippen LogP contribution is -2.17. The van der Waals surface area contributed by atoms with Crippen molar-refractivity contribution < 1.29 is 4.39 Å². The van der Waals surface area contributed by atoms with Crippen LogP contribution in [0.5, 0.6) is 0 Å². The van der Waals surface area contributed by atoms with Crippen LogP contribution < -0.4 is 11.2 Å². The molecule has 1 heterocycles. The molecular formula is C8H6BFN2O. The van der Waals surface area contributed by atoms with Crippen LogP contribution in [0, 0.1) is 5.82 Å². The van der Waals surface area contributed by atoms with Gasteiger partial charge < -0.3 is 4.98 Å². The number of aromatic amines is 1. The Morgan fingerprint density at radius 3 is 2.92 bits per heavy atom. The number of nitrogens with one attached hydrogen (secondary N) is 1. The number of halogens is 1. The molecule has 1 N–H and O–H groups in total. The number of benzene rings is 1. The Balaban J connectivity index is 3.05. The summed E-state index contributed by atoms with van der Waals surface area (Å²) in [5.41, 5.74) is 0.655. The van der Waals surface area contributed by atoms with Gasteiger partial charge in [-0.1, -0.05) is 0 Å². The zero-order chi connectivity index (χ0) is 9.59. The average molecular weight is 176 g/mol. The summed E-state index contributed by atoms with van der Waals surface area (Å²) in [5.74, 6) is -0.512. The van der Waals surface area contributed by atoms with Crippen molar-refractivity contribution >= 4 is 24.3 Å². The van der Waals surface area contributed by atoms with Crippen molar-refractivity contribution in [3.8, 4) is 0 Å². The molecule has 0 aliphatic carbocycles. The number of rotatable bonds is 0. The van der Waals surface area contributed by atoms with E-state index in [2.05, 4.69) is 4.98 Å². The minimum atomic E-state index is -0.512. The summed E-state index contributed by atoms with van der Waals surface area (Å²) in [6.45, 7) is 0. The highest BCUT2D eigenvalue weighted by molar-refractivity contribution is 6.38. The fraction of sp³-hybridized carbons (Fsp3) is 0.125. The second-order valence-electron chi connectivity index (χ2n) is 2.85. The second-order valence-corrected chi connectivity index (χ2v) is 2.85. The van der Waals surface area contributed by atoms with Gasteiger partial charge in [-0.15, -0.1) is 0 Å². The van der Waals surface area contributed by atoms with Crippen molar-refractivity contribution in [1.29, 1.82) is 0 Å². The molecule has 0 aliphatic rings. The van der Waals surface area contributed by atoms with Gasteiger partial charge in [-0.25, -0.2) is 9.18 Å². The first-order valence-electron chi connectivity index (χ1n) is 3.74. The standard InChI is InChI=1S/C8H6BFN2O/c1-12-7-5(11-8(12)13)3-2-4(10)6(7)9/h2-3H,1H3,(H,11,13). The number of hydrogen-bond donors (Lipinski definition) is 1. The number of fused-ring (bicyclic) bond motifs is 1. The lowest BCUT2D eigenvalue weighted by atomic mass is 9.94. The van der Waals surface area contributed by atoms with Crippen molar-refractivity contribution in [2.24, 2.45) is 7.05 Å². The van der Waals surface area contributed by atoms with E-state index in [0.717, 1.165) is 0 Å². The Kier molecular flexibility index (Phi) is 1.55. The summed E-state index contributed by atoms with van der Waals surface area (Å²) in [5, 5.41) is 0. The van der Waals surface area contributed by atoms with Crippen LogP contribution in [0.4, 0.5) is 4.39 Å². The number of aryl methyl sites for hydroxylation is 1. The van der Waals surface area contributed by atoms with Gasteiger partial charge in [-0.05, 0) is 17.6 Å². The number of H-pyrrole nitrogens is 1. The molecule has 1 aromatic carbocycles. The monoisotopic (exact) mass is 176 g/mol. The fourth-order valence-corrected chi connectivity index (χ4v) is 1.35. The molecule has 0 unspecified atom stereocenters. The molecule has 0 aliphatic heterocycles. The van der Waals surface area contributed by atoms with Crippen molar-refractivity contribution in [2.45, 2.75) is 0 Å². The fourth-order valence-electron chi connectivity index (χ4n) is 1.35. The first kappa shape index (κ1) is 8.10. The Morgan fingerprint density at radius 1 is 1.54 bits per heavy atom. The van der Waals surface area contributed by atoms with E-state index in [1.54, 1.807) is 0 Å². The maximum Gasteiger partial charge on any atom is 0.326 e. The molecule has 0 amide bonds. The van der Waals surface area contributed by atoms with Gasteiger partial charge in [0.1, 0.15) is 13.7 Å². The van der Waals surface area contributed by atoms with Crippen LogP contribution >= 0.6 is 0 Å².